The first-order valence-corrected chi connectivity index (χ1v) is 7.04. The van der Waals surface area contributed by atoms with Gasteiger partial charge in [-0.2, -0.15) is 0 Å². The molecule has 2 rings (SSSR count). The van der Waals surface area contributed by atoms with Crippen LogP contribution in [0.5, 0.6) is 5.75 Å². The third-order valence-corrected chi connectivity index (χ3v) is 4.22. The average molecular weight is 298 g/mol. The number of hydrogen-bond acceptors (Lipinski definition) is 2. The van der Waals surface area contributed by atoms with Gasteiger partial charge in [0.15, 0.2) is 0 Å². The number of rotatable bonds is 5. The lowest BCUT2D eigenvalue weighted by molar-refractivity contribution is 0.392. The summed E-state index contributed by atoms with van der Waals surface area (Å²) >= 11 is 3.62. The molecule has 3 heteroatoms. The molecule has 1 saturated carbocycles. The monoisotopic (exact) mass is 297 g/mol. The van der Waals surface area contributed by atoms with E-state index in [1.165, 1.54) is 24.0 Å². The van der Waals surface area contributed by atoms with Crippen molar-refractivity contribution in [3.05, 3.63) is 27.7 Å². The maximum absolute atomic E-state index is 5.53. The van der Waals surface area contributed by atoms with E-state index >= 15 is 0 Å². The first kappa shape index (κ1) is 12.9. The molecule has 0 bridgehead atoms. The van der Waals surface area contributed by atoms with Gasteiger partial charge in [0.25, 0.3) is 0 Å². The highest BCUT2D eigenvalue weighted by Crippen LogP contribution is 2.44. The Morgan fingerprint density at radius 2 is 2.18 bits per heavy atom. The molecule has 94 valence electrons. The van der Waals surface area contributed by atoms with E-state index in [2.05, 4.69) is 47.2 Å². The second kappa shape index (κ2) is 5.40. The molecule has 0 heterocycles. The van der Waals surface area contributed by atoms with Crippen LogP contribution in [0.3, 0.4) is 0 Å². The Hall–Kier alpha value is -0.540. The molecular formula is C14H20BrNO. The number of aryl methyl sites for hydroxylation is 1. The van der Waals surface area contributed by atoms with Crippen LogP contribution >= 0.6 is 15.9 Å². The fourth-order valence-corrected chi connectivity index (χ4v) is 2.63. The fourth-order valence-electron chi connectivity index (χ4n) is 2.27. The second-order valence-electron chi connectivity index (χ2n) is 4.72. The number of ether oxygens (including phenoxy) is 1. The van der Waals surface area contributed by atoms with Crippen LogP contribution in [0, 0.1) is 12.8 Å². The van der Waals surface area contributed by atoms with E-state index in [-0.39, 0.29) is 0 Å². The van der Waals surface area contributed by atoms with Gasteiger partial charge in [0.2, 0.25) is 0 Å². The molecule has 0 aliphatic heterocycles. The molecule has 0 saturated heterocycles. The topological polar surface area (TPSA) is 21.3 Å². The maximum Gasteiger partial charge on any atom is 0.123 e. The van der Waals surface area contributed by atoms with Crippen molar-refractivity contribution in [2.45, 2.75) is 32.7 Å². The largest absolute Gasteiger partial charge is 0.496 e. The number of benzene rings is 1. The van der Waals surface area contributed by atoms with Crippen LogP contribution in [0.1, 0.15) is 36.9 Å². The lowest BCUT2D eigenvalue weighted by Crippen LogP contribution is -2.23. The van der Waals surface area contributed by atoms with E-state index in [9.17, 15) is 0 Å². The Kier molecular flexibility index (Phi) is 4.10. The lowest BCUT2D eigenvalue weighted by atomic mass is 9.99. The van der Waals surface area contributed by atoms with E-state index < -0.39 is 0 Å². The summed E-state index contributed by atoms with van der Waals surface area (Å²) in [5.74, 6) is 1.78. The summed E-state index contributed by atoms with van der Waals surface area (Å²) in [6.45, 7) is 5.25. The fraction of sp³-hybridized carbons (Fsp3) is 0.571. The van der Waals surface area contributed by atoms with E-state index in [0.717, 1.165) is 22.7 Å². The number of methoxy groups -OCH3 is 1. The molecule has 1 atom stereocenters. The Morgan fingerprint density at radius 1 is 1.47 bits per heavy atom. The molecule has 17 heavy (non-hydrogen) atoms. The van der Waals surface area contributed by atoms with Crippen LogP contribution in [0.4, 0.5) is 0 Å². The SMILES string of the molecule is CCNC(c1cc(Br)c(C)cc1OC)C1CC1. The molecule has 1 aromatic carbocycles. The zero-order valence-corrected chi connectivity index (χ0v) is 12.3. The highest BCUT2D eigenvalue weighted by Gasteiger charge is 2.33. The van der Waals surface area contributed by atoms with Crippen LogP contribution in [-0.4, -0.2) is 13.7 Å². The van der Waals surface area contributed by atoms with Crippen LogP contribution in [0.25, 0.3) is 0 Å². The van der Waals surface area contributed by atoms with Crippen LogP contribution in [0.15, 0.2) is 16.6 Å². The smallest absolute Gasteiger partial charge is 0.123 e. The first-order valence-electron chi connectivity index (χ1n) is 6.24. The summed E-state index contributed by atoms with van der Waals surface area (Å²) in [6, 6.07) is 4.76. The molecular weight excluding hydrogens is 278 g/mol. The molecule has 0 amide bonds. The van der Waals surface area contributed by atoms with Gasteiger partial charge >= 0.3 is 0 Å². The van der Waals surface area contributed by atoms with E-state index in [1.54, 1.807) is 7.11 Å². The second-order valence-corrected chi connectivity index (χ2v) is 5.57. The van der Waals surface area contributed by atoms with Crippen LogP contribution in [0.2, 0.25) is 0 Å². The molecule has 1 aliphatic carbocycles. The predicted octanol–water partition coefficient (Wildman–Crippen LogP) is 3.83. The summed E-state index contributed by atoms with van der Waals surface area (Å²) in [5.41, 5.74) is 2.51. The van der Waals surface area contributed by atoms with Gasteiger partial charge in [-0.15, -0.1) is 0 Å². The van der Waals surface area contributed by atoms with Gasteiger partial charge in [-0.05, 0) is 49.9 Å². The predicted molar refractivity (Wildman–Crippen MR) is 74.6 cm³/mol. The summed E-state index contributed by atoms with van der Waals surface area (Å²) < 4.78 is 6.69. The van der Waals surface area contributed by atoms with Gasteiger partial charge in [0.1, 0.15) is 5.75 Å². The minimum absolute atomic E-state index is 0.437. The van der Waals surface area contributed by atoms with Crippen molar-refractivity contribution >= 4 is 15.9 Å². The van der Waals surface area contributed by atoms with Gasteiger partial charge in [0, 0.05) is 16.1 Å². The number of hydrogen-bond donors (Lipinski definition) is 1. The highest BCUT2D eigenvalue weighted by molar-refractivity contribution is 9.10. The van der Waals surface area contributed by atoms with Crippen LogP contribution < -0.4 is 10.1 Å². The molecule has 0 spiro atoms. The van der Waals surface area contributed by atoms with E-state index in [4.69, 9.17) is 4.74 Å². The van der Waals surface area contributed by atoms with Crippen molar-refractivity contribution < 1.29 is 4.74 Å². The third-order valence-electron chi connectivity index (χ3n) is 3.36. The third kappa shape index (κ3) is 2.83. The Balaban J connectivity index is 2.36. The summed E-state index contributed by atoms with van der Waals surface area (Å²) in [6.07, 6.45) is 2.65. The molecule has 0 radical (unpaired) electrons. The Bertz CT molecular complexity index is 401. The van der Waals surface area contributed by atoms with Crippen molar-refractivity contribution in [1.82, 2.24) is 5.32 Å². The minimum Gasteiger partial charge on any atom is -0.496 e. The summed E-state index contributed by atoms with van der Waals surface area (Å²) in [5, 5.41) is 3.58. The highest BCUT2D eigenvalue weighted by atomic mass is 79.9. The molecule has 0 aromatic heterocycles. The zero-order chi connectivity index (χ0) is 12.4. The van der Waals surface area contributed by atoms with E-state index in [1.807, 2.05) is 0 Å². The van der Waals surface area contributed by atoms with Crippen molar-refractivity contribution in [2.75, 3.05) is 13.7 Å². The zero-order valence-electron chi connectivity index (χ0n) is 10.7. The van der Waals surface area contributed by atoms with Gasteiger partial charge in [-0.3, -0.25) is 0 Å². The quantitative estimate of drug-likeness (QED) is 0.892. The molecule has 2 nitrogen and oxygen atoms in total. The van der Waals surface area contributed by atoms with Crippen molar-refractivity contribution in [2.24, 2.45) is 5.92 Å². The summed E-state index contributed by atoms with van der Waals surface area (Å²) in [7, 11) is 1.75. The molecule has 1 unspecified atom stereocenters. The van der Waals surface area contributed by atoms with Gasteiger partial charge < -0.3 is 10.1 Å². The minimum atomic E-state index is 0.437. The normalized spacial score (nSPS) is 16.9. The van der Waals surface area contributed by atoms with Crippen molar-refractivity contribution in [3.63, 3.8) is 0 Å². The van der Waals surface area contributed by atoms with Crippen molar-refractivity contribution in [1.29, 1.82) is 0 Å². The van der Waals surface area contributed by atoms with Crippen molar-refractivity contribution in [3.8, 4) is 5.75 Å². The van der Waals surface area contributed by atoms with Crippen LogP contribution in [-0.2, 0) is 0 Å². The lowest BCUT2D eigenvalue weighted by Gasteiger charge is -2.21. The Labute approximate surface area is 112 Å². The van der Waals surface area contributed by atoms with Gasteiger partial charge in [0.05, 0.1) is 7.11 Å². The number of nitrogens with one attached hydrogen (secondary N) is 1. The summed E-state index contributed by atoms with van der Waals surface area (Å²) in [4.78, 5) is 0. The maximum atomic E-state index is 5.53. The van der Waals surface area contributed by atoms with Gasteiger partial charge in [-0.25, -0.2) is 0 Å². The Morgan fingerprint density at radius 3 is 2.71 bits per heavy atom. The first-order chi connectivity index (χ1) is 8.17. The van der Waals surface area contributed by atoms with E-state index in [0.29, 0.717) is 6.04 Å². The molecule has 1 fully saturated rings. The average Bonchev–Trinajstić information content (AvgIpc) is 3.13. The molecule has 1 aromatic rings. The molecule has 1 N–H and O–H groups in total. The van der Waals surface area contributed by atoms with Gasteiger partial charge in [-0.1, -0.05) is 22.9 Å². The standard InChI is InChI=1S/C14H20BrNO/c1-4-16-14(10-5-6-10)11-8-12(15)9(2)7-13(11)17-3/h7-8,10,14,16H,4-6H2,1-3H3. The number of halogens is 1. The molecule has 1 aliphatic rings.